The summed E-state index contributed by atoms with van der Waals surface area (Å²) in [7, 11) is 0. The minimum atomic E-state index is -5.27. The van der Waals surface area contributed by atoms with Crippen LogP contribution in [0.25, 0.3) is 4.85 Å². The van der Waals surface area contributed by atoms with Gasteiger partial charge in [-0.1, -0.05) is 0 Å². The Kier molecular flexibility index (Phi) is 2.80. The first kappa shape index (κ1) is 15.2. The van der Waals surface area contributed by atoms with E-state index in [-0.39, 0.29) is 0 Å². The summed E-state index contributed by atoms with van der Waals surface area (Å²) in [6.07, 6.45) is -2.08. The van der Waals surface area contributed by atoms with Crippen molar-refractivity contribution in [2.75, 3.05) is 0 Å². The summed E-state index contributed by atoms with van der Waals surface area (Å²) in [6, 6.07) is -2.62. The predicted octanol–water partition coefficient (Wildman–Crippen LogP) is 5.59. The van der Waals surface area contributed by atoms with E-state index in [9.17, 15) is 35.8 Å². The molecule has 28 heavy (non-hydrogen) atoms. The average Bonchev–Trinajstić information content (AvgIpc) is 2.96. The van der Waals surface area contributed by atoms with Gasteiger partial charge in [0.2, 0.25) is 0 Å². The third-order valence-electron chi connectivity index (χ3n) is 4.68. The Balaban J connectivity index is 1.99. The van der Waals surface area contributed by atoms with Gasteiger partial charge < -0.3 is 9.84 Å². The van der Waals surface area contributed by atoms with E-state index in [0.717, 1.165) is 0 Å². The van der Waals surface area contributed by atoms with Crippen molar-refractivity contribution < 1.29 is 44.7 Å². The Morgan fingerprint density at radius 1 is 1.07 bits per heavy atom. The molecule has 4 rings (SSSR count). The lowest BCUT2D eigenvalue weighted by atomic mass is 9.94. The maximum atomic E-state index is 14.6. The topological polar surface area (TPSA) is 33.8 Å². The van der Waals surface area contributed by atoms with Crippen molar-refractivity contribution in [2.45, 2.75) is 29.8 Å². The summed E-state index contributed by atoms with van der Waals surface area (Å²) < 4.78 is 128. The van der Waals surface area contributed by atoms with Crippen LogP contribution in [0.2, 0.25) is 0 Å². The average molecular weight is 406 g/mol. The second-order valence-electron chi connectivity index (χ2n) is 6.33. The number of rotatable bonds is 2. The number of ether oxygens (including phenoxy) is 1. The highest BCUT2D eigenvalue weighted by Crippen LogP contribution is 2.70. The number of nitrogens with zero attached hydrogens (tertiary/aromatic N) is 1. The molecule has 0 aliphatic heterocycles. The van der Waals surface area contributed by atoms with Crippen LogP contribution < -0.4 is 4.74 Å². The van der Waals surface area contributed by atoms with Gasteiger partial charge in [-0.15, -0.1) is 0 Å². The third kappa shape index (κ3) is 2.08. The Morgan fingerprint density at radius 3 is 2.39 bits per heavy atom. The summed E-state index contributed by atoms with van der Waals surface area (Å²) in [6.45, 7) is 6.91. The van der Waals surface area contributed by atoms with E-state index in [0.29, 0.717) is 12.1 Å². The molecular formula is C18H8F7NO2. The van der Waals surface area contributed by atoms with Gasteiger partial charge in [-0.3, -0.25) is 0 Å². The number of alkyl halides is 6. The zero-order valence-electron chi connectivity index (χ0n) is 16.3. The molecule has 0 spiro atoms. The van der Waals surface area contributed by atoms with Crippen molar-refractivity contribution in [1.82, 2.24) is 0 Å². The zero-order valence-corrected chi connectivity index (χ0v) is 13.3. The Bertz CT molecular complexity index is 1210. The van der Waals surface area contributed by atoms with Gasteiger partial charge in [0.05, 0.1) is 22.7 Å². The minimum absolute atomic E-state index is 0.333. The smallest absolute Gasteiger partial charge is 0.346 e. The van der Waals surface area contributed by atoms with Gasteiger partial charge in [0.25, 0.3) is 5.92 Å². The largest absolute Gasteiger partial charge is 0.458 e. The van der Waals surface area contributed by atoms with Crippen LogP contribution in [0.1, 0.15) is 27.2 Å². The highest BCUT2D eigenvalue weighted by Gasteiger charge is 2.81. The van der Waals surface area contributed by atoms with Gasteiger partial charge in [0, 0.05) is 17.2 Å². The van der Waals surface area contributed by atoms with E-state index in [1.54, 1.807) is 0 Å². The maximum Gasteiger partial charge on any atom is 0.346 e. The molecule has 0 amide bonds. The standard InChI is InChI=1S/C18H8F7NO2/c1-26-9-4-8(19)5-10(6-9)28-12-3-2-11-13-14(12)16(20,21)7-15(13,27)18(24,25)17(11,22)23/h2-6,27H,7H2/t15-/m1/s1/i4D,5D,6D. The number of hydrogen-bond donors (Lipinski definition) is 1. The van der Waals surface area contributed by atoms with Gasteiger partial charge >= 0.3 is 11.8 Å². The fourth-order valence-corrected chi connectivity index (χ4v) is 3.54. The highest BCUT2D eigenvalue weighted by molar-refractivity contribution is 5.61. The summed E-state index contributed by atoms with van der Waals surface area (Å²) >= 11 is 0. The molecule has 10 heteroatoms. The van der Waals surface area contributed by atoms with Crippen molar-refractivity contribution in [2.24, 2.45) is 0 Å². The van der Waals surface area contributed by atoms with E-state index in [1.165, 1.54) is 0 Å². The molecule has 0 heterocycles. The van der Waals surface area contributed by atoms with Crippen LogP contribution in [-0.2, 0) is 17.4 Å². The molecule has 0 aromatic heterocycles. The number of hydrogen-bond acceptors (Lipinski definition) is 2. The van der Waals surface area contributed by atoms with E-state index >= 15 is 0 Å². The van der Waals surface area contributed by atoms with Crippen LogP contribution in [0.3, 0.4) is 0 Å². The number of halogens is 7. The van der Waals surface area contributed by atoms with Crippen molar-refractivity contribution in [3.63, 3.8) is 0 Å². The van der Waals surface area contributed by atoms with Crippen LogP contribution in [0.4, 0.5) is 36.4 Å². The Morgan fingerprint density at radius 2 is 1.75 bits per heavy atom. The molecule has 1 atom stereocenters. The van der Waals surface area contributed by atoms with Gasteiger partial charge in [-0.05, 0) is 24.2 Å². The molecule has 2 aliphatic rings. The highest BCUT2D eigenvalue weighted by atomic mass is 19.3. The molecule has 2 aliphatic carbocycles. The van der Waals surface area contributed by atoms with E-state index in [2.05, 4.69) is 4.85 Å². The lowest BCUT2D eigenvalue weighted by molar-refractivity contribution is -0.294. The second kappa shape index (κ2) is 5.17. The molecule has 0 fully saturated rings. The molecule has 0 unspecified atom stereocenters. The lowest BCUT2D eigenvalue weighted by Gasteiger charge is -2.30. The van der Waals surface area contributed by atoms with E-state index < -0.39 is 87.6 Å². The van der Waals surface area contributed by atoms with Crippen molar-refractivity contribution in [3.8, 4) is 11.5 Å². The first-order valence-electron chi connectivity index (χ1n) is 9.02. The van der Waals surface area contributed by atoms with Crippen molar-refractivity contribution in [3.05, 3.63) is 64.2 Å². The Labute approximate surface area is 157 Å². The molecule has 0 radical (unpaired) electrons. The summed E-state index contributed by atoms with van der Waals surface area (Å²) in [5, 5.41) is 10.2. The first-order valence-corrected chi connectivity index (χ1v) is 7.52. The Hall–Kier alpha value is -2.80. The van der Waals surface area contributed by atoms with Gasteiger partial charge in [-0.25, -0.2) is 18.0 Å². The van der Waals surface area contributed by atoms with E-state index in [1.807, 2.05) is 0 Å². The third-order valence-corrected chi connectivity index (χ3v) is 4.68. The lowest BCUT2D eigenvalue weighted by Crippen LogP contribution is -2.48. The minimum Gasteiger partial charge on any atom is -0.458 e. The maximum absolute atomic E-state index is 14.6. The molecule has 146 valence electrons. The van der Waals surface area contributed by atoms with Gasteiger partial charge in [0.1, 0.15) is 17.3 Å². The SMILES string of the molecule is [2H]c1c(F)c([2H])c(Oc2ccc3c4c2C(F)(F)C[C@]4(O)C(F)(F)C3(F)F)c([2H])c1[N+]#[C-]. The summed E-state index contributed by atoms with van der Waals surface area (Å²) in [4.78, 5) is 2.75. The quantitative estimate of drug-likeness (QED) is 0.521. The molecule has 2 aromatic rings. The molecule has 1 N–H and O–H groups in total. The summed E-state index contributed by atoms with van der Waals surface area (Å²) in [5.74, 6) is -18.3. The van der Waals surface area contributed by atoms with Crippen LogP contribution in [0.15, 0.2) is 30.3 Å². The fourth-order valence-electron chi connectivity index (χ4n) is 3.54. The van der Waals surface area contributed by atoms with Crippen LogP contribution in [0, 0.1) is 12.4 Å². The van der Waals surface area contributed by atoms with Crippen molar-refractivity contribution in [1.29, 1.82) is 0 Å². The van der Waals surface area contributed by atoms with Gasteiger partial charge in [-0.2, -0.15) is 17.6 Å². The monoisotopic (exact) mass is 406 g/mol. The van der Waals surface area contributed by atoms with Crippen LogP contribution >= 0.6 is 0 Å². The molecule has 0 saturated heterocycles. The van der Waals surface area contributed by atoms with E-state index in [4.69, 9.17) is 15.4 Å². The fraction of sp³-hybridized carbons (Fsp3) is 0.278. The molecular weight excluding hydrogens is 395 g/mol. The predicted molar refractivity (Wildman–Crippen MR) is 80.4 cm³/mol. The molecule has 3 nitrogen and oxygen atoms in total. The molecule has 2 aromatic carbocycles. The normalized spacial score (nSPS) is 26.8. The zero-order chi connectivity index (χ0) is 23.3. The van der Waals surface area contributed by atoms with Gasteiger partial charge in [0.15, 0.2) is 11.3 Å². The summed E-state index contributed by atoms with van der Waals surface area (Å²) in [5.41, 5.74) is -9.32. The molecule has 0 saturated carbocycles. The number of benzene rings is 2. The van der Waals surface area contributed by atoms with Crippen molar-refractivity contribution >= 4 is 5.69 Å². The number of aliphatic hydroxyl groups is 1. The first-order chi connectivity index (χ1) is 14.1. The molecule has 0 bridgehead atoms. The second-order valence-corrected chi connectivity index (χ2v) is 6.33. The van der Waals surface area contributed by atoms with Crippen LogP contribution in [-0.4, -0.2) is 11.0 Å². The van der Waals surface area contributed by atoms with Crippen LogP contribution in [0.5, 0.6) is 11.5 Å².